The summed E-state index contributed by atoms with van der Waals surface area (Å²) in [5.41, 5.74) is 0. The van der Waals surface area contributed by atoms with Crippen LogP contribution in [0.15, 0.2) is 15.9 Å². The fourth-order valence-electron chi connectivity index (χ4n) is 1.94. The Morgan fingerprint density at radius 1 is 1.73 bits per heavy atom. The number of thiophene rings is 1. The first kappa shape index (κ1) is 11.1. The van der Waals surface area contributed by atoms with E-state index in [1.807, 2.05) is 16.3 Å². The molecule has 0 aliphatic carbocycles. The minimum atomic E-state index is 0.188. The lowest BCUT2D eigenvalue weighted by Gasteiger charge is -2.15. The monoisotopic (exact) mass is 287 g/mol. The van der Waals surface area contributed by atoms with Crippen LogP contribution in [0.1, 0.15) is 29.4 Å². The van der Waals surface area contributed by atoms with Gasteiger partial charge in [0.1, 0.15) is 4.88 Å². The molecule has 1 aromatic heterocycles. The highest BCUT2D eigenvalue weighted by atomic mass is 79.9. The van der Waals surface area contributed by atoms with E-state index in [0.717, 1.165) is 28.9 Å². The zero-order valence-corrected chi connectivity index (χ0v) is 11.1. The van der Waals surface area contributed by atoms with E-state index in [1.165, 1.54) is 17.8 Å². The Bertz CT molecular complexity index is 363. The molecule has 0 N–H and O–H groups in total. The van der Waals surface area contributed by atoms with Gasteiger partial charge >= 0.3 is 0 Å². The van der Waals surface area contributed by atoms with Crippen LogP contribution < -0.4 is 0 Å². The van der Waals surface area contributed by atoms with Crippen LogP contribution in [0.2, 0.25) is 0 Å². The fraction of sp³-hybridized carbons (Fsp3) is 0.545. The summed E-state index contributed by atoms with van der Waals surface area (Å²) in [6, 6.07) is 1.94. The van der Waals surface area contributed by atoms with Gasteiger partial charge in [0.2, 0.25) is 0 Å². The molecule has 1 amide bonds. The van der Waals surface area contributed by atoms with E-state index in [4.69, 9.17) is 0 Å². The summed E-state index contributed by atoms with van der Waals surface area (Å²) in [7, 11) is 0. The summed E-state index contributed by atoms with van der Waals surface area (Å²) in [5, 5.41) is 1.95. The molecule has 1 fully saturated rings. The standard InChI is InChI=1S/C11H14BrNOS/c1-2-8-3-5-13(7-8)11(14)10-9(12)4-6-15-10/h4,6,8H,2-3,5,7H2,1H3. The fourth-order valence-corrected chi connectivity index (χ4v) is 3.45. The third kappa shape index (κ3) is 2.26. The Morgan fingerprint density at radius 3 is 3.07 bits per heavy atom. The normalized spacial score (nSPS) is 20.9. The number of rotatable bonds is 2. The lowest BCUT2D eigenvalue weighted by atomic mass is 10.1. The van der Waals surface area contributed by atoms with Crippen molar-refractivity contribution in [3.05, 3.63) is 20.8 Å². The van der Waals surface area contributed by atoms with Gasteiger partial charge in [-0.15, -0.1) is 11.3 Å². The number of carbonyl (C=O) groups is 1. The maximum atomic E-state index is 12.1. The van der Waals surface area contributed by atoms with Crippen LogP contribution in [0.5, 0.6) is 0 Å². The van der Waals surface area contributed by atoms with Crippen LogP contribution in [-0.2, 0) is 0 Å². The van der Waals surface area contributed by atoms with Crippen molar-refractivity contribution in [1.82, 2.24) is 4.90 Å². The Hall–Kier alpha value is -0.350. The van der Waals surface area contributed by atoms with Crippen molar-refractivity contribution in [2.24, 2.45) is 5.92 Å². The van der Waals surface area contributed by atoms with Gasteiger partial charge < -0.3 is 4.90 Å². The van der Waals surface area contributed by atoms with Crippen molar-refractivity contribution < 1.29 is 4.79 Å². The Kier molecular flexibility index (Phi) is 3.46. The molecule has 82 valence electrons. The second-order valence-electron chi connectivity index (χ2n) is 3.91. The molecule has 1 saturated heterocycles. The molecule has 1 aromatic rings. The lowest BCUT2D eigenvalue weighted by molar-refractivity contribution is 0.0791. The predicted molar refractivity (Wildman–Crippen MR) is 66.3 cm³/mol. The molecule has 0 aromatic carbocycles. The largest absolute Gasteiger partial charge is 0.338 e. The number of hydrogen-bond acceptors (Lipinski definition) is 2. The Labute approximate surface area is 102 Å². The summed E-state index contributed by atoms with van der Waals surface area (Å²) in [5.74, 6) is 0.889. The molecule has 1 unspecified atom stereocenters. The summed E-state index contributed by atoms with van der Waals surface area (Å²) in [4.78, 5) is 14.9. The van der Waals surface area contributed by atoms with Gasteiger partial charge in [-0.05, 0) is 39.7 Å². The number of hydrogen-bond donors (Lipinski definition) is 0. The molecule has 2 nitrogen and oxygen atoms in total. The van der Waals surface area contributed by atoms with Crippen molar-refractivity contribution in [3.63, 3.8) is 0 Å². The van der Waals surface area contributed by atoms with Gasteiger partial charge in [-0.25, -0.2) is 0 Å². The van der Waals surface area contributed by atoms with Crippen molar-refractivity contribution in [3.8, 4) is 0 Å². The molecular weight excluding hydrogens is 274 g/mol. The number of nitrogens with zero attached hydrogens (tertiary/aromatic N) is 1. The molecule has 15 heavy (non-hydrogen) atoms. The van der Waals surface area contributed by atoms with E-state index < -0.39 is 0 Å². The Morgan fingerprint density at radius 2 is 2.53 bits per heavy atom. The van der Waals surface area contributed by atoms with Crippen LogP contribution in [0, 0.1) is 5.92 Å². The third-order valence-corrected chi connectivity index (χ3v) is 4.79. The van der Waals surface area contributed by atoms with Gasteiger partial charge in [0.25, 0.3) is 5.91 Å². The van der Waals surface area contributed by atoms with Gasteiger partial charge in [0.05, 0.1) is 0 Å². The maximum Gasteiger partial charge on any atom is 0.265 e. The molecule has 1 aliphatic rings. The Balaban J connectivity index is 2.07. The number of halogens is 1. The first-order chi connectivity index (χ1) is 7.22. The van der Waals surface area contributed by atoms with Gasteiger partial charge in [-0.2, -0.15) is 0 Å². The van der Waals surface area contributed by atoms with Gasteiger partial charge in [-0.1, -0.05) is 13.3 Å². The first-order valence-electron chi connectivity index (χ1n) is 5.24. The second kappa shape index (κ2) is 4.66. The minimum absolute atomic E-state index is 0.188. The highest BCUT2D eigenvalue weighted by Gasteiger charge is 2.27. The SMILES string of the molecule is CCC1CCN(C(=O)c2sccc2Br)C1. The molecule has 1 aliphatic heterocycles. The maximum absolute atomic E-state index is 12.1. The summed E-state index contributed by atoms with van der Waals surface area (Å²) in [6.45, 7) is 4.04. The van der Waals surface area contributed by atoms with Crippen LogP contribution in [0.25, 0.3) is 0 Å². The topological polar surface area (TPSA) is 20.3 Å². The van der Waals surface area contributed by atoms with Crippen LogP contribution in [-0.4, -0.2) is 23.9 Å². The van der Waals surface area contributed by atoms with E-state index in [1.54, 1.807) is 0 Å². The zero-order chi connectivity index (χ0) is 10.8. The van der Waals surface area contributed by atoms with Crippen LogP contribution in [0.3, 0.4) is 0 Å². The molecule has 0 bridgehead atoms. The van der Waals surface area contributed by atoms with Crippen molar-refractivity contribution >= 4 is 33.2 Å². The molecule has 0 spiro atoms. The quantitative estimate of drug-likeness (QED) is 0.817. The summed E-state index contributed by atoms with van der Waals surface area (Å²) >= 11 is 4.92. The van der Waals surface area contributed by atoms with E-state index in [2.05, 4.69) is 22.9 Å². The van der Waals surface area contributed by atoms with Crippen LogP contribution >= 0.6 is 27.3 Å². The van der Waals surface area contributed by atoms with E-state index >= 15 is 0 Å². The first-order valence-corrected chi connectivity index (χ1v) is 6.92. The highest BCUT2D eigenvalue weighted by Crippen LogP contribution is 2.27. The number of amides is 1. The van der Waals surface area contributed by atoms with Gasteiger partial charge in [0.15, 0.2) is 0 Å². The molecule has 0 saturated carbocycles. The second-order valence-corrected chi connectivity index (χ2v) is 5.68. The third-order valence-electron chi connectivity index (χ3n) is 2.96. The van der Waals surface area contributed by atoms with Crippen molar-refractivity contribution in [1.29, 1.82) is 0 Å². The van der Waals surface area contributed by atoms with E-state index in [0.29, 0.717) is 5.92 Å². The smallest absolute Gasteiger partial charge is 0.265 e. The molecule has 1 atom stereocenters. The summed E-state index contributed by atoms with van der Waals surface area (Å²) < 4.78 is 0.928. The van der Waals surface area contributed by atoms with E-state index in [-0.39, 0.29) is 5.91 Å². The van der Waals surface area contributed by atoms with Crippen molar-refractivity contribution in [2.45, 2.75) is 19.8 Å². The molecule has 4 heteroatoms. The average molecular weight is 288 g/mol. The molecule has 0 radical (unpaired) electrons. The zero-order valence-electron chi connectivity index (χ0n) is 8.70. The lowest BCUT2D eigenvalue weighted by Crippen LogP contribution is -2.28. The molecule has 2 heterocycles. The average Bonchev–Trinajstić information content (AvgIpc) is 2.84. The minimum Gasteiger partial charge on any atom is -0.338 e. The van der Waals surface area contributed by atoms with Gasteiger partial charge in [-0.3, -0.25) is 4.79 Å². The molecule has 2 rings (SSSR count). The number of carbonyl (C=O) groups excluding carboxylic acids is 1. The highest BCUT2D eigenvalue weighted by molar-refractivity contribution is 9.10. The van der Waals surface area contributed by atoms with Gasteiger partial charge in [0, 0.05) is 17.6 Å². The predicted octanol–water partition coefficient (Wildman–Crippen LogP) is 3.38. The van der Waals surface area contributed by atoms with Crippen LogP contribution in [0.4, 0.5) is 0 Å². The number of likely N-dealkylation sites (tertiary alicyclic amines) is 1. The van der Waals surface area contributed by atoms with Crippen molar-refractivity contribution in [2.75, 3.05) is 13.1 Å². The summed E-state index contributed by atoms with van der Waals surface area (Å²) in [6.07, 6.45) is 2.33. The molecular formula is C11H14BrNOS. The van der Waals surface area contributed by atoms with E-state index in [9.17, 15) is 4.79 Å².